The molecule has 4 atom stereocenters. The molecule has 0 radical (unpaired) electrons. The number of ether oxygens (including phenoxy) is 1. The number of carboxylic acids is 1. The third-order valence-corrected chi connectivity index (χ3v) is 16.0. The summed E-state index contributed by atoms with van der Waals surface area (Å²) in [6.45, 7) is 18.1. The van der Waals surface area contributed by atoms with E-state index in [1.165, 1.54) is 56.3 Å². The molecule has 2 amide bonds. The van der Waals surface area contributed by atoms with Crippen molar-refractivity contribution in [1.29, 1.82) is 0 Å². The second-order valence-corrected chi connectivity index (χ2v) is 25.5. The lowest BCUT2D eigenvalue weighted by molar-refractivity contribution is -0.144. The van der Waals surface area contributed by atoms with Crippen LogP contribution in [0.3, 0.4) is 0 Å². The van der Waals surface area contributed by atoms with Gasteiger partial charge < -0.3 is 39.4 Å². The van der Waals surface area contributed by atoms with E-state index in [-0.39, 0.29) is 79.5 Å². The van der Waals surface area contributed by atoms with Gasteiger partial charge in [0.25, 0.3) is 11.1 Å². The number of benzene rings is 4. The number of carbonyl (C=O) groups is 4. The van der Waals surface area contributed by atoms with Crippen molar-refractivity contribution in [2.45, 2.75) is 151 Å². The number of amides is 2. The Morgan fingerprint density at radius 2 is 0.854 bits per heavy atom. The summed E-state index contributed by atoms with van der Waals surface area (Å²) in [7, 11) is 6.44. The molecule has 0 aliphatic rings. The summed E-state index contributed by atoms with van der Waals surface area (Å²) < 4.78 is 180. The number of nitrogens with zero attached hydrogens (tertiary/aromatic N) is 4. The Morgan fingerprint density at radius 3 is 1.15 bits per heavy atom. The number of hydrogen-bond donors (Lipinski definition) is 3. The fourth-order valence-corrected chi connectivity index (χ4v) is 11.7. The lowest BCUT2D eigenvalue weighted by Gasteiger charge is -2.27. The van der Waals surface area contributed by atoms with Gasteiger partial charge in [0.15, 0.2) is 0 Å². The van der Waals surface area contributed by atoms with Crippen LogP contribution in [0.2, 0.25) is 0 Å². The third-order valence-electron chi connectivity index (χ3n) is 16.0. The number of aliphatic carboxylic acids is 1. The Kier molecular flexibility index (Phi) is 26.7. The van der Waals surface area contributed by atoms with Gasteiger partial charge >= 0.3 is 24.3 Å². The first-order chi connectivity index (χ1) is 44.5. The Bertz CT molecular complexity index is 3920. The quantitative estimate of drug-likeness (QED) is 0.0370. The predicted molar refractivity (Wildman–Crippen MR) is 340 cm³/mol. The van der Waals surface area contributed by atoms with E-state index in [4.69, 9.17) is 4.74 Å². The van der Waals surface area contributed by atoms with Crippen molar-refractivity contribution in [3.05, 3.63) is 183 Å². The maximum Gasteiger partial charge on any atom is 0.419 e. The topological polar surface area (TPSA) is 172 Å². The first-order valence-corrected chi connectivity index (χ1v) is 30.9. The summed E-state index contributed by atoms with van der Waals surface area (Å²) in [5, 5.41) is 14.8. The molecule has 14 nitrogen and oxygen atoms in total. The maximum atomic E-state index is 15.9. The summed E-state index contributed by atoms with van der Waals surface area (Å²) in [6.07, 6.45) is -10.8. The lowest BCUT2D eigenvalue weighted by Crippen LogP contribution is -2.42. The van der Waals surface area contributed by atoms with E-state index < -0.39 is 141 Å². The highest BCUT2D eigenvalue weighted by molar-refractivity contribution is 5.83. The van der Waals surface area contributed by atoms with Crippen LogP contribution < -0.4 is 21.8 Å². The summed E-state index contributed by atoms with van der Waals surface area (Å²) in [5.74, 6) is -11.4. The van der Waals surface area contributed by atoms with Crippen molar-refractivity contribution < 1.29 is 81.7 Å². The molecule has 0 aliphatic heterocycles. The fourth-order valence-electron chi connectivity index (χ4n) is 11.7. The average molecular weight is 1360 g/mol. The van der Waals surface area contributed by atoms with Gasteiger partial charge in [0.1, 0.15) is 46.5 Å². The minimum Gasteiger partial charge on any atom is -0.481 e. The van der Waals surface area contributed by atoms with Crippen molar-refractivity contribution in [2.24, 2.45) is 11.8 Å². The molecule has 6 aromatic rings. The van der Waals surface area contributed by atoms with Crippen LogP contribution >= 0.6 is 0 Å². The number of carbonyl (C=O) groups excluding carboxylic acids is 3. The largest absolute Gasteiger partial charge is 0.481 e. The fraction of sp³-hybridized carbons (Fsp3) is 0.457. The van der Waals surface area contributed by atoms with E-state index in [1.807, 2.05) is 0 Å². The minimum atomic E-state index is -5.19. The van der Waals surface area contributed by atoms with Crippen molar-refractivity contribution in [3.63, 3.8) is 0 Å². The van der Waals surface area contributed by atoms with Crippen LogP contribution in [0, 0.1) is 88.3 Å². The number of carboxylic acid groups (broad SMARTS) is 1. The van der Waals surface area contributed by atoms with E-state index in [1.54, 1.807) is 106 Å². The third kappa shape index (κ3) is 19.7. The normalized spacial score (nSPS) is 13.2. The average Bonchev–Trinajstić information content (AvgIpc) is 0.780. The molecule has 0 saturated heterocycles. The van der Waals surface area contributed by atoms with Crippen molar-refractivity contribution in [1.82, 2.24) is 29.6 Å². The Hall–Kier alpha value is -8.26. The Labute approximate surface area is 549 Å². The van der Waals surface area contributed by atoms with E-state index in [0.29, 0.717) is 53.6 Å². The van der Waals surface area contributed by atoms with Gasteiger partial charge in [-0.25, -0.2) is 26.3 Å². The number of aromatic nitrogens is 2. The van der Waals surface area contributed by atoms with Crippen LogP contribution in [0.4, 0.5) is 52.7 Å². The van der Waals surface area contributed by atoms with Crippen LogP contribution in [0.1, 0.15) is 151 Å². The highest BCUT2D eigenvalue weighted by Gasteiger charge is 2.42. The van der Waals surface area contributed by atoms with Crippen molar-refractivity contribution >= 4 is 23.8 Å². The smallest absolute Gasteiger partial charge is 0.419 e. The van der Waals surface area contributed by atoms with Gasteiger partial charge in [-0.1, -0.05) is 27.7 Å². The molecule has 4 aromatic carbocycles. The number of aryl methyl sites for hydroxylation is 6. The van der Waals surface area contributed by atoms with Crippen LogP contribution in [0.15, 0.2) is 70.5 Å². The molecule has 96 heavy (non-hydrogen) atoms. The van der Waals surface area contributed by atoms with E-state index in [0.717, 1.165) is 12.4 Å². The van der Waals surface area contributed by atoms with Gasteiger partial charge in [-0.05, 0) is 229 Å². The number of hydrogen-bond acceptors (Lipinski definition) is 9. The van der Waals surface area contributed by atoms with E-state index >= 15 is 17.6 Å². The van der Waals surface area contributed by atoms with Gasteiger partial charge in [0, 0.05) is 36.6 Å². The maximum absolute atomic E-state index is 15.9. The summed E-state index contributed by atoms with van der Waals surface area (Å²) >= 11 is 0. The Balaban J connectivity index is 0.000000348. The van der Waals surface area contributed by atoms with E-state index in [2.05, 4.69) is 10.6 Å². The molecule has 0 spiro atoms. The van der Waals surface area contributed by atoms with Gasteiger partial charge in [0.2, 0.25) is 23.4 Å². The Morgan fingerprint density at radius 1 is 0.521 bits per heavy atom. The molecule has 2 aromatic heterocycles. The second-order valence-electron chi connectivity index (χ2n) is 25.5. The molecule has 0 fully saturated rings. The zero-order valence-corrected chi connectivity index (χ0v) is 56.2. The van der Waals surface area contributed by atoms with Crippen LogP contribution in [-0.2, 0) is 49.1 Å². The first-order valence-electron chi connectivity index (χ1n) is 30.9. The van der Waals surface area contributed by atoms with Crippen LogP contribution in [-0.4, -0.2) is 95.7 Å². The molecule has 524 valence electrons. The number of likely N-dealkylation sites (N-methyl/N-ethyl adjacent to an activating group) is 2. The van der Waals surface area contributed by atoms with Gasteiger partial charge in [-0.15, -0.1) is 0 Å². The molecule has 0 aliphatic carbocycles. The summed E-state index contributed by atoms with van der Waals surface area (Å²) in [5.41, 5.74) is -3.54. The zero-order chi connectivity index (χ0) is 72.5. The summed E-state index contributed by atoms with van der Waals surface area (Å²) in [4.78, 5) is 82.1. The SMILES string of the molecule is CCOC(=O)C[C@H](NC(=O)C(CC(C)C)n1cc(CCN(C)C)c(C(F)(F)F)c(F)c1=O)c1cc(-c2c(C)cc(F)cc2C)cc(C)c1F.Cc1cc(-c2c(C)cc(F)cc2C)cc([C@H](CC(=O)O)NC(=O)C(CC(C)C)n2cc(CCN(C)C)c(C(F)(F)F)c(F)c2=O)c1F. The molecule has 0 saturated carbocycles. The number of pyridine rings is 2. The van der Waals surface area contributed by atoms with Crippen molar-refractivity contribution in [2.75, 3.05) is 47.9 Å². The monoisotopic (exact) mass is 1360 g/mol. The molecule has 2 heterocycles. The molecular formula is C70H82F12N6O8. The zero-order valence-electron chi connectivity index (χ0n) is 56.2. The number of esters is 1. The number of halogens is 12. The molecule has 0 bridgehead atoms. The van der Waals surface area contributed by atoms with Crippen LogP contribution in [0.25, 0.3) is 22.3 Å². The predicted octanol–water partition coefficient (Wildman–Crippen LogP) is 14.3. The molecule has 6 rings (SSSR count). The number of alkyl halides is 6. The molecule has 26 heteroatoms. The molecule has 2 unspecified atom stereocenters. The first kappa shape index (κ1) is 78.4. The van der Waals surface area contributed by atoms with Gasteiger partial charge in [0.05, 0.1) is 31.5 Å². The lowest BCUT2D eigenvalue weighted by atomic mass is 9.90. The van der Waals surface area contributed by atoms with Gasteiger partial charge in [-0.3, -0.25) is 28.8 Å². The van der Waals surface area contributed by atoms with Gasteiger partial charge in [-0.2, -0.15) is 26.3 Å². The summed E-state index contributed by atoms with van der Waals surface area (Å²) in [6, 6.07) is 5.11. The highest BCUT2D eigenvalue weighted by Crippen LogP contribution is 2.39. The minimum absolute atomic E-state index is 0.0130. The molecular weight excluding hydrogens is 1280 g/mol. The van der Waals surface area contributed by atoms with Crippen molar-refractivity contribution in [3.8, 4) is 22.3 Å². The number of rotatable bonds is 25. The standard InChI is InChI=1S/C36H43F6N3O4.C34H39F6N3O4/c1-9-49-29(46)17-27(26-16-24(13-22(6)32(26)38)30-20(4)14-25(37)15-21(30)5)43-34(47)28(12-19(2)3)45-18-23(10-11-44(7)8)31(36(40,41)42)33(39)35(45)48;1-17(2)10-26(43-16-21(8-9-42(6)7)29(34(38,39)40)31(37)33(43)47)32(46)41-25(15-27(44)45)24-14-22(11-20(5)30(24)36)28-18(3)12-23(35)13-19(28)4/h13-16,18-19,27-28H,9-12,17H2,1-8H3,(H,43,47);11-14,16-17,25-26H,8-10,15H2,1-7H3,(H,41,46)(H,44,45)/t27-,28?;25-,26?/m00/s1. The van der Waals surface area contributed by atoms with E-state index in [9.17, 15) is 69.0 Å². The molecule has 3 N–H and O–H groups in total. The second kappa shape index (κ2) is 32.7. The highest BCUT2D eigenvalue weighted by atomic mass is 19.4. The number of nitrogens with one attached hydrogen (secondary N) is 2. The van der Waals surface area contributed by atoms with Crippen LogP contribution in [0.5, 0.6) is 0 Å².